The van der Waals surface area contributed by atoms with E-state index in [9.17, 15) is 32.8 Å². The van der Waals surface area contributed by atoms with Gasteiger partial charge in [0.15, 0.2) is 11.5 Å². The molecule has 0 unspecified atom stereocenters. The lowest BCUT2D eigenvalue weighted by Crippen LogP contribution is -2.54. The number of imidazole rings is 1. The lowest BCUT2D eigenvalue weighted by atomic mass is 10.0. The number of aromatic nitrogens is 5. The minimum atomic E-state index is -1.02. The van der Waals surface area contributed by atoms with Crippen LogP contribution in [0.2, 0.25) is 0 Å². The molecule has 3 saturated heterocycles. The van der Waals surface area contributed by atoms with Gasteiger partial charge in [-0.2, -0.15) is 5.10 Å². The van der Waals surface area contributed by atoms with E-state index in [-0.39, 0.29) is 41.5 Å². The molecule has 298 valence electrons. The maximum Gasteiger partial charge on any atom is 0.262 e. The Hall–Kier alpha value is -6.56. The van der Waals surface area contributed by atoms with Crippen LogP contribution in [0.25, 0.3) is 16.9 Å². The summed E-state index contributed by atoms with van der Waals surface area (Å²) in [6, 6.07) is 6.52. The first-order valence-corrected chi connectivity index (χ1v) is 19.2. The predicted octanol–water partition coefficient (Wildman–Crippen LogP) is 3.31. The van der Waals surface area contributed by atoms with Crippen molar-refractivity contribution >= 4 is 52.4 Å². The molecule has 0 aliphatic carbocycles. The van der Waals surface area contributed by atoms with E-state index in [0.717, 1.165) is 42.6 Å². The average molecular weight is 792 g/mol. The number of aryl methyl sites for hydroxylation is 1. The smallest absolute Gasteiger partial charge is 0.262 e. The zero-order valence-corrected chi connectivity index (χ0v) is 31.5. The highest BCUT2D eigenvalue weighted by atomic mass is 19.1. The largest absolute Gasteiger partial charge is 0.368 e. The van der Waals surface area contributed by atoms with Crippen molar-refractivity contribution < 1.29 is 32.8 Å². The summed E-state index contributed by atoms with van der Waals surface area (Å²) >= 11 is 0. The Kier molecular flexibility index (Phi) is 9.42. The van der Waals surface area contributed by atoms with Crippen LogP contribution in [-0.4, -0.2) is 120 Å². The molecule has 4 aliphatic rings. The van der Waals surface area contributed by atoms with Crippen LogP contribution >= 0.6 is 0 Å². The molecule has 3 fully saturated rings. The van der Waals surface area contributed by atoms with Gasteiger partial charge >= 0.3 is 0 Å². The summed E-state index contributed by atoms with van der Waals surface area (Å²) in [5, 5.41) is 10.1. The van der Waals surface area contributed by atoms with E-state index in [1.165, 1.54) is 12.3 Å². The summed E-state index contributed by atoms with van der Waals surface area (Å²) in [4.78, 5) is 79.8. The molecule has 58 heavy (non-hydrogen) atoms. The van der Waals surface area contributed by atoms with Crippen LogP contribution in [0.3, 0.4) is 0 Å². The summed E-state index contributed by atoms with van der Waals surface area (Å²) in [6.45, 7) is 5.48. The lowest BCUT2D eigenvalue weighted by Gasteiger charge is -2.38. The topological polar surface area (TPSA) is 170 Å². The number of hydrogen-bond donors (Lipinski definition) is 2. The molecule has 2 N–H and O–H groups in total. The van der Waals surface area contributed by atoms with E-state index >= 15 is 0 Å². The van der Waals surface area contributed by atoms with Gasteiger partial charge < -0.3 is 15.1 Å². The quantitative estimate of drug-likeness (QED) is 0.221. The van der Waals surface area contributed by atoms with Crippen LogP contribution in [0.15, 0.2) is 61.3 Å². The third-order valence-electron chi connectivity index (χ3n) is 11.5. The molecule has 16 nitrogen and oxygen atoms in total. The zero-order chi connectivity index (χ0) is 40.2. The van der Waals surface area contributed by atoms with Crippen molar-refractivity contribution in [2.45, 2.75) is 44.7 Å². The fraction of sp³-hybridized carbons (Fsp3) is 0.350. The molecule has 1 atom stereocenters. The molecule has 5 amide bonds. The molecule has 9 rings (SSSR count). The number of carbonyl (C=O) groups excluding carboxylic acids is 5. The molecule has 4 aliphatic heterocycles. The number of fused-ring (bicyclic) bond motifs is 2. The molecule has 2 aromatic carbocycles. The molecule has 0 saturated carbocycles. The summed E-state index contributed by atoms with van der Waals surface area (Å²) in [5.74, 6) is -2.95. The maximum atomic E-state index is 14.7. The number of piperidine rings is 2. The van der Waals surface area contributed by atoms with Crippen LogP contribution in [0.1, 0.15) is 58.0 Å². The fourth-order valence-electron chi connectivity index (χ4n) is 8.30. The summed E-state index contributed by atoms with van der Waals surface area (Å²) in [5.41, 5.74) is 3.39. The van der Waals surface area contributed by atoms with E-state index in [0.29, 0.717) is 61.1 Å². The van der Waals surface area contributed by atoms with Crippen LogP contribution < -0.4 is 15.5 Å². The van der Waals surface area contributed by atoms with Crippen LogP contribution in [0.4, 0.5) is 26.0 Å². The lowest BCUT2D eigenvalue weighted by molar-refractivity contribution is -0.136. The van der Waals surface area contributed by atoms with Crippen molar-refractivity contribution in [3.05, 3.63) is 89.6 Å². The minimum absolute atomic E-state index is 0.0550. The van der Waals surface area contributed by atoms with Gasteiger partial charge in [-0.25, -0.2) is 18.7 Å². The summed E-state index contributed by atoms with van der Waals surface area (Å²) in [7, 11) is 0. The normalized spacial score (nSPS) is 19.3. The van der Waals surface area contributed by atoms with Gasteiger partial charge in [0.25, 0.3) is 11.8 Å². The van der Waals surface area contributed by atoms with Gasteiger partial charge in [-0.05, 0) is 56.0 Å². The number of piperazine rings is 1. The molecular weight excluding hydrogens is 753 g/mol. The Balaban J connectivity index is 0.763. The van der Waals surface area contributed by atoms with Gasteiger partial charge in [-0.15, -0.1) is 0 Å². The number of nitrogens with zero attached hydrogens (tertiary/aromatic N) is 9. The number of imide groups is 2. The molecule has 5 aromatic rings. The van der Waals surface area contributed by atoms with Gasteiger partial charge in [0, 0.05) is 81.6 Å². The van der Waals surface area contributed by atoms with E-state index in [4.69, 9.17) is 0 Å². The summed E-state index contributed by atoms with van der Waals surface area (Å²) < 4.78 is 32.3. The van der Waals surface area contributed by atoms with E-state index < -0.39 is 41.3 Å². The molecule has 0 spiro atoms. The van der Waals surface area contributed by atoms with Gasteiger partial charge in [0.2, 0.25) is 17.7 Å². The van der Waals surface area contributed by atoms with Crippen molar-refractivity contribution in [3.63, 3.8) is 0 Å². The first kappa shape index (κ1) is 37.0. The predicted molar refractivity (Wildman–Crippen MR) is 205 cm³/mol. The third kappa shape index (κ3) is 6.71. The van der Waals surface area contributed by atoms with Crippen LogP contribution in [-0.2, 0) is 14.4 Å². The van der Waals surface area contributed by atoms with Crippen molar-refractivity contribution in [1.29, 1.82) is 0 Å². The number of likely N-dealkylation sites (tertiary alicyclic amines) is 1. The highest BCUT2D eigenvalue weighted by molar-refractivity contribution is 6.23. The SMILES string of the molecule is Cc1cc(-c2cnc(Nc3cnn(C4CCN(CC(=O)N5CCN(c6ccc7c(c6)C(=O)N([C@@H]6CCC(=O)NC6=O)C7=O)CC5)CC4)c3)c3nccn23)c(F)cc1F. The second-order valence-electron chi connectivity index (χ2n) is 15.1. The number of nitrogens with one attached hydrogen (secondary N) is 2. The Labute approximate surface area is 330 Å². The number of halogens is 2. The van der Waals surface area contributed by atoms with E-state index in [1.54, 1.807) is 48.1 Å². The number of hydrogen-bond acceptors (Lipinski definition) is 11. The molecule has 0 radical (unpaired) electrons. The average Bonchev–Trinajstić information content (AvgIpc) is 3.96. The molecule has 3 aromatic heterocycles. The van der Waals surface area contributed by atoms with Gasteiger partial charge in [-0.3, -0.25) is 48.2 Å². The van der Waals surface area contributed by atoms with Crippen LogP contribution in [0.5, 0.6) is 0 Å². The van der Waals surface area contributed by atoms with Crippen LogP contribution in [0, 0.1) is 18.6 Å². The van der Waals surface area contributed by atoms with Crippen molar-refractivity contribution in [3.8, 4) is 11.3 Å². The van der Waals surface area contributed by atoms with Crippen molar-refractivity contribution in [1.82, 2.24) is 44.2 Å². The number of rotatable bonds is 8. The Bertz CT molecular complexity index is 2500. The van der Waals surface area contributed by atoms with Gasteiger partial charge in [0.1, 0.15) is 17.7 Å². The molecular formula is C40H39F2N11O5. The second kappa shape index (κ2) is 14.7. The fourth-order valence-corrected chi connectivity index (χ4v) is 8.30. The first-order valence-electron chi connectivity index (χ1n) is 19.2. The van der Waals surface area contributed by atoms with Gasteiger partial charge in [0.05, 0.1) is 47.5 Å². The maximum absolute atomic E-state index is 14.7. The standard InChI is InChI=1S/C40H39F2N11O5/c1-23-16-29(31(42)18-30(23)41)33-20-44-36(37-43-8-11-51(33)37)46-24-19-45-52(21-24)25-6-9-48(10-7-25)22-35(55)50-14-12-49(13-15-50)26-2-3-27-28(17-26)40(58)53(39(27)57)32-4-5-34(54)47-38(32)56/h2-3,8,11,16-21,25,32H,4-7,9-10,12-15,22H2,1H3,(H,44,46)(H,47,54,56)/t32-/m1/s1. The van der Waals surface area contributed by atoms with Crippen molar-refractivity contribution in [2.24, 2.45) is 0 Å². The monoisotopic (exact) mass is 791 g/mol. The Morgan fingerprint density at radius 3 is 2.43 bits per heavy atom. The Morgan fingerprint density at radius 2 is 1.66 bits per heavy atom. The number of benzene rings is 2. The number of amides is 5. The first-order chi connectivity index (χ1) is 28.0. The highest BCUT2D eigenvalue weighted by Crippen LogP contribution is 2.32. The second-order valence-corrected chi connectivity index (χ2v) is 15.1. The Morgan fingerprint density at radius 1 is 0.879 bits per heavy atom. The molecule has 7 heterocycles. The highest BCUT2D eigenvalue weighted by Gasteiger charge is 2.45. The van der Waals surface area contributed by atoms with E-state index in [1.807, 2.05) is 15.8 Å². The molecule has 0 bridgehead atoms. The van der Waals surface area contributed by atoms with E-state index in [2.05, 4.69) is 35.5 Å². The summed E-state index contributed by atoms with van der Waals surface area (Å²) in [6.07, 6.45) is 10.2. The van der Waals surface area contributed by atoms with Crippen molar-refractivity contribution in [2.75, 3.05) is 56.0 Å². The molecule has 18 heteroatoms. The number of anilines is 3. The van der Waals surface area contributed by atoms with Gasteiger partial charge in [-0.1, -0.05) is 0 Å². The minimum Gasteiger partial charge on any atom is -0.368 e. The third-order valence-corrected chi connectivity index (χ3v) is 11.5. The number of carbonyl (C=O) groups is 5. The zero-order valence-electron chi connectivity index (χ0n) is 31.5.